The molecule has 2 rings (SSSR count). The average Bonchev–Trinajstić information content (AvgIpc) is 2.65. The van der Waals surface area contributed by atoms with Crippen LogP contribution in [-0.2, 0) is 0 Å². The number of nitrogens with zero attached hydrogens (tertiary/aromatic N) is 2. The van der Waals surface area contributed by atoms with Gasteiger partial charge in [-0.15, -0.1) is 0 Å². The zero-order valence-electron chi connectivity index (χ0n) is 10.9. The van der Waals surface area contributed by atoms with Crippen LogP contribution in [0, 0.1) is 0 Å². The number of hydrogen-bond donors (Lipinski definition) is 0. The van der Waals surface area contributed by atoms with Gasteiger partial charge in [0.15, 0.2) is 0 Å². The molecule has 17 heavy (non-hydrogen) atoms. The van der Waals surface area contributed by atoms with Crippen LogP contribution in [0.5, 0.6) is 0 Å². The van der Waals surface area contributed by atoms with Gasteiger partial charge in [0.05, 0.1) is 10.7 Å². The lowest BCUT2D eigenvalue weighted by Crippen LogP contribution is -2.21. The van der Waals surface area contributed by atoms with Crippen LogP contribution in [0.15, 0.2) is 34.7 Å². The van der Waals surface area contributed by atoms with Crippen LogP contribution >= 0.6 is 11.8 Å². The summed E-state index contributed by atoms with van der Waals surface area (Å²) >= 11 is 1.78. The Hall–Kier alpha value is -1.09. The van der Waals surface area contributed by atoms with Gasteiger partial charge in [0.2, 0.25) is 0 Å². The minimum Gasteiger partial charge on any atom is -0.372 e. The van der Waals surface area contributed by atoms with Crippen LogP contribution in [0.3, 0.4) is 0 Å². The van der Waals surface area contributed by atoms with E-state index in [0.717, 1.165) is 24.7 Å². The maximum absolute atomic E-state index is 4.11. The lowest BCUT2D eigenvalue weighted by molar-refractivity contribution is 0.864. The molecule has 0 atom stereocenters. The van der Waals surface area contributed by atoms with Crippen molar-refractivity contribution in [2.24, 2.45) is 0 Å². The zero-order valence-corrected chi connectivity index (χ0v) is 11.7. The summed E-state index contributed by atoms with van der Waals surface area (Å²) in [5, 5.41) is 1.14. The van der Waals surface area contributed by atoms with Gasteiger partial charge in [-0.2, -0.15) is 0 Å². The van der Waals surface area contributed by atoms with Crippen molar-refractivity contribution in [3.8, 4) is 0 Å². The van der Waals surface area contributed by atoms with Crippen molar-refractivity contribution in [2.75, 3.05) is 29.4 Å². The second-order valence-corrected chi connectivity index (χ2v) is 5.18. The Kier molecular flexibility index (Phi) is 3.67. The molecular formula is C14H20N2S. The molecule has 0 bridgehead atoms. The number of anilines is 2. The summed E-state index contributed by atoms with van der Waals surface area (Å²) in [7, 11) is 0. The second kappa shape index (κ2) is 5.05. The normalized spacial score (nSPS) is 14.1. The topological polar surface area (TPSA) is 6.48 Å². The predicted molar refractivity (Wildman–Crippen MR) is 78.0 cm³/mol. The minimum atomic E-state index is 0.990. The van der Waals surface area contributed by atoms with Crippen molar-refractivity contribution < 1.29 is 0 Å². The Bertz CT molecular complexity index is 424. The molecule has 1 aromatic rings. The van der Waals surface area contributed by atoms with E-state index in [1.165, 1.54) is 16.3 Å². The zero-order chi connectivity index (χ0) is 12.4. The van der Waals surface area contributed by atoms with Crippen LogP contribution in [0.25, 0.3) is 0 Å². The minimum absolute atomic E-state index is 0.990. The molecule has 1 aliphatic heterocycles. The summed E-state index contributed by atoms with van der Waals surface area (Å²) in [4.78, 5) is 5.98. The monoisotopic (exact) mass is 248 g/mol. The largest absolute Gasteiger partial charge is 0.372 e. The van der Waals surface area contributed by atoms with Crippen LogP contribution in [0.2, 0.25) is 0 Å². The van der Waals surface area contributed by atoms with Crippen molar-refractivity contribution in [3.05, 3.63) is 29.8 Å². The van der Waals surface area contributed by atoms with E-state index < -0.39 is 0 Å². The fraction of sp³-hybridized carbons (Fsp3) is 0.429. The summed E-state index contributed by atoms with van der Waals surface area (Å²) in [6.07, 6.45) is 0. The van der Waals surface area contributed by atoms with Crippen molar-refractivity contribution in [3.63, 3.8) is 0 Å². The third-order valence-electron chi connectivity index (χ3n) is 3.21. The van der Waals surface area contributed by atoms with E-state index in [-0.39, 0.29) is 0 Å². The first-order valence-electron chi connectivity index (χ1n) is 6.24. The SMILES string of the molecule is C=C1Sc2cc(N(CC)CC)ccc2N1CC. The number of fused-ring (bicyclic) bond motifs is 1. The first-order chi connectivity index (χ1) is 8.21. The van der Waals surface area contributed by atoms with Crippen LogP contribution < -0.4 is 9.80 Å². The lowest BCUT2D eigenvalue weighted by Gasteiger charge is -2.22. The highest BCUT2D eigenvalue weighted by atomic mass is 32.2. The Morgan fingerprint density at radius 1 is 1.24 bits per heavy atom. The molecule has 0 spiro atoms. The maximum Gasteiger partial charge on any atom is 0.0728 e. The van der Waals surface area contributed by atoms with Gasteiger partial charge in [-0.25, -0.2) is 0 Å². The first-order valence-corrected chi connectivity index (χ1v) is 7.06. The maximum atomic E-state index is 4.11. The van der Waals surface area contributed by atoms with Crippen molar-refractivity contribution >= 4 is 23.1 Å². The Labute approximate surface area is 108 Å². The molecule has 0 saturated carbocycles. The molecule has 0 N–H and O–H groups in total. The Morgan fingerprint density at radius 2 is 1.94 bits per heavy atom. The summed E-state index contributed by atoms with van der Waals surface area (Å²) < 4.78 is 0. The van der Waals surface area contributed by atoms with Crippen molar-refractivity contribution in [1.82, 2.24) is 0 Å². The third kappa shape index (κ3) is 2.16. The fourth-order valence-electron chi connectivity index (χ4n) is 2.26. The predicted octanol–water partition coefficient (Wildman–Crippen LogP) is 3.94. The molecular weight excluding hydrogens is 228 g/mol. The number of benzene rings is 1. The molecule has 0 aliphatic carbocycles. The number of thioether (sulfide) groups is 1. The highest BCUT2D eigenvalue weighted by molar-refractivity contribution is 8.03. The Balaban J connectivity index is 2.34. The van der Waals surface area contributed by atoms with Gasteiger partial charge >= 0.3 is 0 Å². The number of rotatable bonds is 4. The van der Waals surface area contributed by atoms with E-state index in [4.69, 9.17) is 0 Å². The molecule has 3 heteroatoms. The molecule has 0 aromatic heterocycles. The smallest absolute Gasteiger partial charge is 0.0728 e. The van der Waals surface area contributed by atoms with Crippen molar-refractivity contribution in [1.29, 1.82) is 0 Å². The molecule has 1 aromatic carbocycles. The van der Waals surface area contributed by atoms with E-state index in [0.29, 0.717) is 0 Å². The molecule has 0 fully saturated rings. The van der Waals surface area contributed by atoms with Crippen LogP contribution in [-0.4, -0.2) is 19.6 Å². The van der Waals surface area contributed by atoms with E-state index in [1.807, 2.05) is 0 Å². The van der Waals surface area contributed by atoms with Gasteiger partial charge in [-0.1, -0.05) is 18.3 Å². The summed E-state index contributed by atoms with van der Waals surface area (Å²) in [6.45, 7) is 13.8. The standard InChI is InChI=1S/C14H20N2S/c1-5-15(6-2)12-8-9-13-14(10-12)17-11(4)16(13)7-3/h8-10H,4-7H2,1-3H3. The van der Waals surface area contributed by atoms with Crippen LogP contribution in [0.4, 0.5) is 11.4 Å². The van der Waals surface area contributed by atoms with Gasteiger partial charge in [0.1, 0.15) is 0 Å². The van der Waals surface area contributed by atoms with Gasteiger partial charge in [-0.3, -0.25) is 0 Å². The van der Waals surface area contributed by atoms with E-state index >= 15 is 0 Å². The van der Waals surface area contributed by atoms with Gasteiger partial charge in [-0.05, 0) is 39.0 Å². The molecule has 0 saturated heterocycles. The van der Waals surface area contributed by atoms with Crippen LogP contribution in [0.1, 0.15) is 20.8 Å². The molecule has 2 nitrogen and oxygen atoms in total. The Morgan fingerprint density at radius 3 is 2.53 bits per heavy atom. The molecule has 0 amide bonds. The molecule has 1 aliphatic rings. The average molecular weight is 248 g/mol. The highest BCUT2D eigenvalue weighted by Crippen LogP contribution is 2.46. The summed E-state index contributed by atoms with van der Waals surface area (Å²) in [5.74, 6) is 0. The summed E-state index contributed by atoms with van der Waals surface area (Å²) in [6, 6.07) is 6.72. The lowest BCUT2D eigenvalue weighted by atomic mass is 10.2. The molecule has 0 unspecified atom stereocenters. The van der Waals surface area contributed by atoms with E-state index in [2.05, 4.69) is 55.3 Å². The van der Waals surface area contributed by atoms with E-state index in [1.54, 1.807) is 11.8 Å². The second-order valence-electron chi connectivity index (χ2n) is 4.06. The van der Waals surface area contributed by atoms with Crippen molar-refractivity contribution in [2.45, 2.75) is 25.7 Å². The number of hydrogen-bond acceptors (Lipinski definition) is 3. The quantitative estimate of drug-likeness (QED) is 0.797. The molecule has 1 heterocycles. The fourth-order valence-corrected chi connectivity index (χ4v) is 3.31. The summed E-state index contributed by atoms with van der Waals surface area (Å²) in [5.41, 5.74) is 2.62. The van der Waals surface area contributed by atoms with E-state index in [9.17, 15) is 0 Å². The molecule has 92 valence electrons. The van der Waals surface area contributed by atoms with Gasteiger partial charge in [0, 0.05) is 30.2 Å². The van der Waals surface area contributed by atoms with Gasteiger partial charge < -0.3 is 9.80 Å². The van der Waals surface area contributed by atoms with Gasteiger partial charge in [0.25, 0.3) is 0 Å². The molecule has 0 radical (unpaired) electrons. The third-order valence-corrected chi connectivity index (χ3v) is 4.21. The first kappa shape index (κ1) is 12.4. The highest BCUT2D eigenvalue weighted by Gasteiger charge is 2.22.